The van der Waals surface area contributed by atoms with Crippen LogP contribution in [0.25, 0.3) is 10.9 Å². The third-order valence-electron chi connectivity index (χ3n) is 2.79. The molecule has 1 aromatic carbocycles. The van der Waals surface area contributed by atoms with E-state index in [2.05, 4.69) is 27.4 Å². The number of carbonyl (C=O) groups excluding carboxylic acids is 1. The molecule has 1 heterocycles. The highest BCUT2D eigenvalue weighted by Gasteiger charge is 2.14. The van der Waals surface area contributed by atoms with Crippen molar-refractivity contribution in [3.8, 4) is 0 Å². The maximum absolute atomic E-state index is 11.1. The fraction of sp³-hybridized carbons (Fsp3) is 0.250. The van der Waals surface area contributed by atoms with Crippen molar-refractivity contribution in [2.75, 3.05) is 0 Å². The summed E-state index contributed by atoms with van der Waals surface area (Å²) in [6, 6.07) is 5.99. The summed E-state index contributed by atoms with van der Waals surface area (Å²) in [5.41, 5.74) is 3.00. The molecule has 78 valence electrons. The molecule has 0 fully saturated rings. The van der Waals surface area contributed by atoms with Gasteiger partial charge in [0.05, 0.1) is 0 Å². The molecule has 1 aromatic heterocycles. The highest BCUT2D eigenvalue weighted by Crippen LogP contribution is 2.30. The number of aromatic nitrogens is 1. The molecule has 0 saturated carbocycles. The summed E-state index contributed by atoms with van der Waals surface area (Å²) < 4.78 is 3.07. The van der Waals surface area contributed by atoms with Crippen molar-refractivity contribution in [1.82, 2.24) is 4.57 Å². The minimum atomic E-state index is 0.808. The maximum Gasteiger partial charge on any atom is 0.152 e. The van der Waals surface area contributed by atoms with E-state index in [0.29, 0.717) is 0 Å². The number of nitrogens with zero attached hydrogens (tertiary/aromatic N) is 1. The predicted octanol–water partition coefficient (Wildman–Crippen LogP) is 3.32. The van der Waals surface area contributed by atoms with Crippen LogP contribution in [-0.2, 0) is 13.5 Å². The van der Waals surface area contributed by atoms with Gasteiger partial charge in [-0.25, -0.2) is 0 Å². The van der Waals surface area contributed by atoms with Crippen LogP contribution in [-0.4, -0.2) is 10.9 Å². The number of aldehydes is 1. The van der Waals surface area contributed by atoms with Gasteiger partial charge in [-0.2, -0.15) is 0 Å². The van der Waals surface area contributed by atoms with Crippen molar-refractivity contribution in [2.45, 2.75) is 13.3 Å². The molecule has 0 aliphatic rings. The van der Waals surface area contributed by atoms with Gasteiger partial charge in [0.1, 0.15) is 0 Å². The van der Waals surface area contributed by atoms with Gasteiger partial charge in [-0.05, 0) is 18.6 Å². The first kappa shape index (κ1) is 10.4. The van der Waals surface area contributed by atoms with Gasteiger partial charge in [-0.3, -0.25) is 4.79 Å². The first-order chi connectivity index (χ1) is 7.20. The fourth-order valence-corrected chi connectivity index (χ4v) is 2.65. The molecular weight excluding hydrogens is 254 g/mol. The van der Waals surface area contributed by atoms with Crippen molar-refractivity contribution >= 4 is 33.1 Å². The second-order valence-corrected chi connectivity index (χ2v) is 4.38. The first-order valence-electron chi connectivity index (χ1n) is 4.91. The summed E-state index contributed by atoms with van der Waals surface area (Å²) in [6.07, 6.45) is 1.82. The summed E-state index contributed by atoms with van der Waals surface area (Å²) in [5.74, 6) is 0. The smallest absolute Gasteiger partial charge is 0.152 e. The largest absolute Gasteiger partial charge is 0.347 e. The Balaban J connectivity index is 2.98. The lowest BCUT2D eigenvalue weighted by atomic mass is 10.1. The molecule has 2 nitrogen and oxygen atoms in total. The van der Waals surface area contributed by atoms with Crippen LogP contribution in [0.2, 0.25) is 0 Å². The van der Waals surface area contributed by atoms with E-state index in [4.69, 9.17) is 0 Å². The Morgan fingerprint density at radius 2 is 2.20 bits per heavy atom. The van der Waals surface area contributed by atoms with Crippen molar-refractivity contribution in [1.29, 1.82) is 0 Å². The molecule has 0 N–H and O–H groups in total. The zero-order chi connectivity index (χ0) is 11.0. The number of fused-ring (bicyclic) bond motifs is 1. The molecule has 2 rings (SSSR count). The molecule has 0 spiro atoms. The molecule has 0 atom stereocenters. The summed E-state index contributed by atoms with van der Waals surface area (Å²) in [6.45, 7) is 2.06. The van der Waals surface area contributed by atoms with Crippen molar-refractivity contribution in [3.05, 3.63) is 33.9 Å². The monoisotopic (exact) mass is 265 g/mol. The third kappa shape index (κ3) is 1.42. The molecule has 0 radical (unpaired) electrons. The van der Waals surface area contributed by atoms with Gasteiger partial charge in [0.15, 0.2) is 6.29 Å². The van der Waals surface area contributed by atoms with Gasteiger partial charge in [0.25, 0.3) is 0 Å². The molecule has 0 aliphatic heterocycles. The Morgan fingerprint density at radius 3 is 2.80 bits per heavy atom. The van der Waals surface area contributed by atoms with Gasteiger partial charge in [0.2, 0.25) is 0 Å². The molecule has 0 aliphatic carbocycles. The lowest BCUT2D eigenvalue weighted by Gasteiger charge is -2.00. The molecular formula is C12H12BrNO. The SMILES string of the molecule is CCc1c(C=O)c2c(Br)cccc2n1C. The molecule has 0 amide bonds. The Kier molecular flexibility index (Phi) is 2.65. The van der Waals surface area contributed by atoms with E-state index in [-0.39, 0.29) is 0 Å². The number of hydrogen-bond acceptors (Lipinski definition) is 1. The normalized spacial score (nSPS) is 10.9. The molecule has 15 heavy (non-hydrogen) atoms. The van der Waals surface area contributed by atoms with Crippen LogP contribution in [0.15, 0.2) is 22.7 Å². The molecule has 0 saturated heterocycles. The van der Waals surface area contributed by atoms with E-state index in [1.54, 1.807) is 0 Å². The minimum Gasteiger partial charge on any atom is -0.347 e. The summed E-state index contributed by atoms with van der Waals surface area (Å²) >= 11 is 3.49. The second-order valence-electron chi connectivity index (χ2n) is 3.52. The minimum absolute atomic E-state index is 0.808. The van der Waals surface area contributed by atoms with Crippen LogP contribution in [0.4, 0.5) is 0 Å². The van der Waals surface area contributed by atoms with Crippen LogP contribution >= 0.6 is 15.9 Å². The highest BCUT2D eigenvalue weighted by molar-refractivity contribution is 9.10. The van der Waals surface area contributed by atoms with E-state index in [1.165, 1.54) is 0 Å². The van der Waals surface area contributed by atoms with Crippen LogP contribution < -0.4 is 0 Å². The number of halogens is 1. The van der Waals surface area contributed by atoms with Crippen molar-refractivity contribution in [2.24, 2.45) is 7.05 Å². The van der Waals surface area contributed by atoms with Gasteiger partial charge < -0.3 is 4.57 Å². The predicted molar refractivity (Wildman–Crippen MR) is 65.4 cm³/mol. The first-order valence-corrected chi connectivity index (χ1v) is 5.71. The van der Waals surface area contributed by atoms with E-state index >= 15 is 0 Å². The van der Waals surface area contributed by atoms with Crippen LogP contribution in [0, 0.1) is 0 Å². The van der Waals surface area contributed by atoms with Gasteiger partial charge >= 0.3 is 0 Å². The Bertz CT molecular complexity index is 528. The van der Waals surface area contributed by atoms with E-state index < -0.39 is 0 Å². The average molecular weight is 266 g/mol. The summed E-state index contributed by atoms with van der Waals surface area (Å²) in [7, 11) is 2.00. The number of benzene rings is 1. The Morgan fingerprint density at radius 1 is 1.47 bits per heavy atom. The topological polar surface area (TPSA) is 22.0 Å². The summed E-state index contributed by atoms with van der Waals surface area (Å²) in [4.78, 5) is 11.1. The Labute approximate surface area is 97.0 Å². The van der Waals surface area contributed by atoms with E-state index in [0.717, 1.165) is 39.3 Å². The lowest BCUT2D eigenvalue weighted by molar-refractivity contribution is 0.112. The number of carbonyl (C=O) groups is 1. The molecule has 0 bridgehead atoms. The molecule has 2 aromatic rings. The van der Waals surface area contributed by atoms with Crippen molar-refractivity contribution in [3.63, 3.8) is 0 Å². The van der Waals surface area contributed by atoms with Gasteiger partial charge in [-0.1, -0.05) is 28.9 Å². The third-order valence-corrected chi connectivity index (χ3v) is 3.45. The highest BCUT2D eigenvalue weighted by atomic mass is 79.9. The van der Waals surface area contributed by atoms with Crippen LogP contribution in [0.5, 0.6) is 0 Å². The number of rotatable bonds is 2. The number of hydrogen-bond donors (Lipinski definition) is 0. The van der Waals surface area contributed by atoms with E-state index in [9.17, 15) is 4.79 Å². The van der Waals surface area contributed by atoms with Crippen LogP contribution in [0.1, 0.15) is 23.0 Å². The standard InChI is InChI=1S/C12H12BrNO/c1-3-10-8(7-15)12-9(13)5-4-6-11(12)14(10)2/h4-7H,3H2,1-2H3. The van der Waals surface area contributed by atoms with E-state index in [1.807, 2.05) is 25.2 Å². The second kappa shape index (κ2) is 3.81. The molecule has 3 heteroatoms. The van der Waals surface area contributed by atoms with Gasteiger partial charge in [-0.15, -0.1) is 0 Å². The lowest BCUT2D eigenvalue weighted by Crippen LogP contribution is -1.96. The zero-order valence-electron chi connectivity index (χ0n) is 8.75. The van der Waals surface area contributed by atoms with Crippen molar-refractivity contribution < 1.29 is 4.79 Å². The average Bonchev–Trinajstić information content (AvgIpc) is 2.53. The summed E-state index contributed by atoms with van der Waals surface area (Å²) in [5, 5.41) is 1.02. The quantitative estimate of drug-likeness (QED) is 0.764. The maximum atomic E-state index is 11.1. The zero-order valence-corrected chi connectivity index (χ0v) is 10.3. The van der Waals surface area contributed by atoms with Crippen LogP contribution in [0.3, 0.4) is 0 Å². The fourth-order valence-electron chi connectivity index (χ4n) is 2.08. The van der Waals surface area contributed by atoms with Gasteiger partial charge in [0, 0.05) is 33.7 Å². The number of aryl methyl sites for hydroxylation is 1. The Hall–Kier alpha value is -1.09. The molecule has 0 unspecified atom stereocenters.